The number of imide groups is 3. The Hall–Kier alpha value is -2.75. The van der Waals surface area contributed by atoms with Gasteiger partial charge in [-0.05, 0) is 46.9 Å². The molecule has 3 fully saturated rings. The number of hydrogen-bond acceptors (Lipinski definition) is 3. The molecule has 4 heteroatoms. The Kier molecular flexibility index (Phi) is 2.61. The Morgan fingerprint density at radius 2 is 1.46 bits per heavy atom. The zero-order valence-electron chi connectivity index (χ0n) is 14.0. The van der Waals surface area contributed by atoms with Crippen LogP contribution in [0.25, 0.3) is 10.8 Å². The van der Waals surface area contributed by atoms with Crippen molar-refractivity contribution in [2.45, 2.75) is 6.42 Å². The van der Waals surface area contributed by atoms with Crippen molar-refractivity contribution in [3.63, 3.8) is 0 Å². The summed E-state index contributed by atoms with van der Waals surface area (Å²) in [6.45, 7) is 0. The number of nitrogens with zero attached hydrogens (tertiary/aromatic N) is 1. The first-order valence-corrected chi connectivity index (χ1v) is 9.25. The van der Waals surface area contributed by atoms with Crippen LogP contribution in [-0.2, 0) is 9.59 Å². The molecule has 0 aromatic heterocycles. The molecule has 2 bridgehead atoms. The maximum absolute atomic E-state index is 13.2. The largest absolute Gasteiger partial charge is 0.274 e. The van der Waals surface area contributed by atoms with E-state index in [1.165, 1.54) is 0 Å². The fourth-order valence-corrected chi connectivity index (χ4v) is 5.69. The summed E-state index contributed by atoms with van der Waals surface area (Å²) in [6.07, 6.45) is 5.36. The number of benzene rings is 2. The molecule has 6 atom stereocenters. The van der Waals surface area contributed by atoms with Gasteiger partial charge >= 0.3 is 0 Å². The third kappa shape index (κ3) is 1.62. The van der Waals surface area contributed by atoms with Crippen LogP contribution in [0.3, 0.4) is 0 Å². The van der Waals surface area contributed by atoms with Crippen LogP contribution in [0.1, 0.15) is 16.8 Å². The molecule has 4 nitrogen and oxygen atoms in total. The van der Waals surface area contributed by atoms with Crippen molar-refractivity contribution in [3.05, 3.63) is 60.2 Å². The standard InChI is InChI=1S/C22H17NO3/c24-20(15-7-3-5-11-4-1-2-6-12(11)15)23-21(25)18-13-8-9-14(17-10-16(13)17)19(18)22(23)26/h1-9,13-14,16-19H,10H2/t13-,14-,16-,17+,18-,19+/m0/s1. The van der Waals surface area contributed by atoms with E-state index in [-0.39, 0.29) is 35.5 Å². The lowest BCUT2D eigenvalue weighted by atomic mass is 9.63. The van der Waals surface area contributed by atoms with E-state index >= 15 is 0 Å². The van der Waals surface area contributed by atoms with Gasteiger partial charge in [-0.15, -0.1) is 0 Å². The molecule has 0 unspecified atom stereocenters. The van der Waals surface area contributed by atoms with Gasteiger partial charge < -0.3 is 0 Å². The minimum Gasteiger partial charge on any atom is -0.274 e. The molecule has 128 valence electrons. The molecule has 7 rings (SSSR count). The Balaban J connectivity index is 1.44. The summed E-state index contributed by atoms with van der Waals surface area (Å²) in [5, 5.41) is 1.71. The second-order valence-electron chi connectivity index (χ2n) is 8.00. The highest BCUT2D eigenvalue weighted by molar-refractivity contribution is 6.24. The highest BCUT2D eigenvalue weighted by atomic mass is 16.2. The highest BCUT2D eigenvalue weighted by Crippen LogP contribution is 2.65. The van der Waals surface area contributed by atoms with E-state index in [2.05, 4.69) is 12.2 Å². The van der Waals surface area contributed by atoms with E-state index in [4.69, 9.17) is 0 Å². The molecule has 26 heavy (non-hydrogen) atoms. The third-order valence-corrected chi connectivity index (χ3v) is 6.89. The van der Waals surface area contributed by atoms with Gasteiger partial charge in [0.25, 0.3) is 5.91 Å². The van der Waals surface area contributed by atoms with Crippen LogP contribution in [0.2, 0.25) is 0 Å². The second kappa shape index (κ2) is 4.70. The summed E-state index contributed by atoms with van der Waals surface area (Å²) in [7, 11) is 0. The van der Waals surface area contributed by atoms with E-state index in [1.807, 2.05) is 30.3 Å². The minimum atomic E-state index is -0.473. The van der Waals surface area contributed by atoms with E-state index in [0.29, 0.717) is 17.4 Å². The van der Waals surface area contributed by atoms with E-state index < -0.39 is 5.91 Å². The lowest BCUT2D eigenvalue weighted by Gasteiger charge is -2.37. The van der Waals surface area contributed by atoms with Crippen molar-refractivity contribution < 1.29 is 14.4 Å². The zero-order valence-corrected chi connectivity index (χ0v) is 14.0. The smallest absolute Gasteiger partial charge is 0.267 e. The van der Waals surface area contributed by atoms with Crippen LogP contribution >= 0.6 is 0 Å². The Labute approximate surface area is 150 Å². The SMILES string of the molecule is O=C(c1cccc2ccccc12)N1C(=O)[C@@H]2[C@H]3C=C[C@@H]([C@@H]4C[C@H]34)[C@@H]2C1=O. The predicted molar refractivity (Wildman–Crippen MR) is 94.8 cm³/mol. The molecular weight excluding hydrogens is 326 g/mol. The molecule has 2 aromatic rings. The Bertz CT molecular complexity index is 997. The molecule has 3 amide bonds. The van der Waals surface area contributed by atoms with Crippen molar-refractivity contribution in [2.75, 3.05) is 0 Å². The molecule has 0 spiro atoms. The Morgan fingerprint density at radius 3 is 2.15 bits per heavy atom. The highest BCUT2D eigenvalue weighted by Gasteiger charge is 2.67. The molecule has 5 aliphatic rings. The summed E-state index contributed by atoms with van der Waals surface area (Å²) in [6, 6.07) is 13.0. The average Bonchev–Trinajstić information content (AvgIpc) is 3.45. The lowest BCUT2D eigenvalue weighted by molar-refractivity contribution is -0.136. The van der Waals surface area contributed by atoms with Gasteiger partial charge in [0, 0.05) is 5.56 Å². The normalized spacial score (nSPS) is 36.4. The molecule has 4 aliphatic carbocycles. The van der Waals surface area contributed by atoms with Gasteiger partial charge in [0.15, 0.2) is 0 Å². The maximum Gasteiger partial charge on any atom is 0.267 e. The molecule has 0 N–H and O–H groups in total. The number of fused-ring (bicyclic) bond motifs is 1. The van der Waals surface area contributed by atoms with Crippen molar-refractivity contribution in [3.8, 4) is 0 Å². The number of allylic oxidation sites excluding steroid dienone is 2. The van der Waals surface area contributed by atoms with Crippen LogP contribution in [0.15, 0.2) is 54.6 Å². The van der Waals surface area contributed by atoms with Gasteiger partial charge in [-0.3, -0.25) is 14.4 Å². The van der Waals surface area contributed by atoms with Gasteiger partial charge in [0.05, 0.1) is 11.8 Å². The van der Waals surface area contributed by atoms with E-state index in [9.17, 15) is 14.4 Å². The number of rotatable bonds is 1. The number of carbonyl (C=O) groups is 3. The number of carbonyl (C=O) groups excluding carboxylic acids is 3. The van der Waals surface area contributed by atoms with Crippen molar-refractivity contribution in [2.24, 2.45) is 35.5 Å². The molecule has 2 saturated carbocycles. The Morgan fingerprint density at radius 1 is 0.846 bits per heavy atom. The van der Waals surface area contributed by atoms with Gasteiger partial charge in [-0.25, -0.2) is 4.90 Å². The first-order valence-electron chi connectivity index (χ1n) is 9.25. The second-order valence-corrected chi connectivity index (χ2v) is 8.00. The van der Waals surface area contributed by atoms with Gasteiger partial charge in [0.1, 0.15) is 0 Å². The van der Waals surface area contributed by atoms with Crippen molar-refractivity contribution in [1.29, 1.82) is 0 Å². The third-order valence-electron chi connectivity index (χ3n) is 6.89. The average molecular weight is 343 g/mol. The number of hydrogen-bond donors (Lipinski definition) is 0. The van der Waals surface area contributed by atoms with Gasteiger partial charge in [-0.1, -0.05) is 48.6 Å². The lowest BCUT2D eigenvalue weighted by Crippen LogP contribution is -2.40. The topological polar surface area (TPSA) is 54.5 Å². The van der Waals surface area contributed by atoms with Crippen molar-refractivity contribution >= 4 is 28.5 Å². The zero-order chi connectivity index (χ0) is 17.6. The quantitative estimate of drug-likeness (QED) is 0.591. The van der Waals surface area contributed by atoms with Crippen molar-refractivity contribution in [1.82, 2.24) is 4.90 Å². The molecule has 2 aromatic carbocycles. The molecule has 1 aliphatic heterocycles. The maximum atomic E-state index is 13.2. The first kappa shape index (κ1) is 14.4. The van der Waals surface area contributed by atoms with E-state index in [1.54, 1.807) is 12.1 Å². The fourth-order valence-electron chi connectivity index (χ4n) is 5.69. The fraction of sp³-hybridized carbons (Fsp3) is 0.318. The minimum absolute atomic E-state index is 0.136. The van der Waals surface area contributed by atoms with Crippen LogP contribution in [0.4, 0.5) is 0 Å². The van der Waals surface area contributed by atoms with Crippen LogP contribution < -0.4 is 0 Å². The monoisotopic (exact) mass is 343 g/mol. The molecule has 1 saturated heterocycles. The van der Waals surface area contributed by atoms with Crippen LogP contribution in [0, 0.1) is 35.5 Å². The first-order chi connectivity index (χ1) is 12.7. The molecular formula is C22H17NO3. The summed E-state index contributed by atoms with van der Waals surface area (Å²) in [4.78, 5) is 40.4. The van der Waals surface area contributed by atoms with E-state index in [0.717, 1.165) is 22.1 Å². The van der Waals surface area contributed by atoms with Gasteiger partial charge in [-0.2, -0.15) is 0 Å². The summed E-state index contributed by atoms with van der Waals surface area (Å²) in [5.74, 6) is -0.371. The van der Waals surface area contributed by atoms with Crippen LogP contribution in [0.5, 0.6) is 0 Å². The predicted octanol–water partition coefficient (Wildman–Crippen LogP) is 3.03. The number of amides is 3. The van der Waals surface area contributed by atoms with Crippen LogP contribution in [-0.4, -0.2) is 22.6 Å². The van der Waals surface area contributed by atoms with Gasteiger partial charge in [0.2, 0.25) is 11.8 Å². The number of likely N-dealkylation sites (tertiary alicyclic amines) is 1. The summed E-state index contributed by atoms with van der Waals surface area (Å²) >= 11 is 0. The molecule has 0 radical (unpaired) electrons. The summed E-state index contributed by atoms with van der Waals surface area (Å²) < 4.78 is 0. The molecule has 1 heterocycles. The summed E-state index contributed by atoms with van der Waals surface area (Å²) in [5.41, 5.74) is 0.425.